The Balaban J connectivity index is 3.08. The Morgan fingerprint density at radius 3 is 2.56 bits per heavy atom. The summed E-state index contributed by atoms with van der Waals surface area (Å²) in [5, 5.41) is 8.39. The van der Waals surface area contributed by atoms with Crippen molar-refractivity contribution in [3.8, 4) is 0 Å². The van der Waals surface area contributed by atoms with Crippen molar-refractivity contribution in [1.82, 2.24) is 4.98 Å². The molecule has 1 rings (SSSR count). The van der Waals surface area contributed by atoms with Crippen molar-refractivity contribution >= 4 is 5.97 Å². The van der Waals surface area contributed by atoms with Crippen LogP contribution in [0.5, 0.6) is 0 Å². The van der Waals surface area contributed by atoms with Crippen LogP contribution in [-0.4, -0.2) is 16.1 Å². The molecule has 0 bridgehead atoms. The van der Waals surface area contributed by atoms with Crippen LogP contribution in [0.1, 0.15) is 15.9 Å². The van der Waals surface area contributed by atoms with E-state index in [-0.39, 0.29) is 5.56 Å². The number of hydrogen-bond acceptors (Lipinski definition) is 1. The molecule has 0 amide bonds. The zero-order valence-corrected chi connectivity index (χ0v) is 4.72. The molecule has 3 nitrogen and oxygen atoms in total. The summed E-state index contributed by atoms with van der Waals surface area (Å²) in [6, 6.07) is 0. The summed E-state index contributed by atoms with van der Waals surface area (Å²) < 4.78 is 0. The van der Waals surface area contributed by atoms with Gasteiger partial charge < -0.3 is 10.1 Å². The molecule has 0 aliphatic carbocycles. The van der Waals surface area contributed by atoms with Crippen molar-refractivity contribution in [3.63, 3.8) is 0 Å². The highest BCUT2D eigenvalue weighted by atomic mass is 16.4. The summed E-state index contributed by atoms with van der Waals surface area (Å²) in [5.74, 6) is -0.943. The van der Waals surface area contributed by atoms with Crippen LogP contribution in [0, 0.1) is 6.92 Å². The molecule has 0 fully saturated rings. The van der Waals surface area contributed by atoms with Gasteiger partial charge in [-0.25, -0.2) is 4.79 Å². The number of aromatic carboxylic acids is 1. The summed E-state index contributed by atoms with van der Waals surface area (Å²) in [5.41, 5.74) is 0.748. The first kappa shape index (κ1) is 5.88. The quantitative estimate of drug-likeness (QED) is 0.584. The van der Waals surface area contributed by atoms with E-state index in [1.807, 2.05) is 0 Å². The molecule has 0 spiro atoms. The largest absolute Gasteiger partial charge is 0.478 e. The molecule has 0 atom stereocenters. The minimum atomic E-state index is -0.943. The molecule has 47 valence electrons. The second-order valence-electron chi connectivity index (χ2n) is 1.70. The van der Waals surface area contributed by atoms with Crippen LogP contribution < -0.4 is 0 Å². The van der Waals surface area contributed by atoms with E-state index in [1.165, 1.54) is 6.20 Å². The molecular weight excluding hydrogens is 118 g/mol. The Morgan fingerprint density at radius 1 is 1.67 bits per heavy atom. The normalized spacial score (nSPS) is 9.44. The first-order valence-corrected chi connectivity index (χ1v) is 2.44. The lowest BCUT2D eigenvalue weighted by Gasteiger charge is -1.85. The minimum absolute atomic E-state index is 0.231. The molecule has 0 saturated heterocycles. The lowest BCUT2D eigenvalue weighted by Crippen LogP contribution is -1.94. The van der Waals surface area contributed by atoms with Crippen LogP contribution in [0.2, 0.25) is 0 Å². The Morgan fingerprint density at radius 2 is 2.33 bits per heavy atom. The van der Waals surface area contributed by atoms with Gasteiger partial charge in [0.05, 0.1) is 5.56 Å². The molecule has 0 aliphatic heterocycles. The summed E-state index contributed by atoms with van der Waals surface area (Å²) in [6.07, 6.45) is 2.95. The van der Waals surface area contributed by atoms with Crippen LogP contribution in [0.15, 0.2) is 12.4 Å². The number of aromatic nitrogens is 1. The van der Waals surface area contributed by atoms with Gasteiger partial charge in [0, 0.05) is 12.4 Å². The van der Waals surface area contributed by atoms with Gasteiger partial charge in [0.1, 0.15) is 0 Å². The van der Waals surface area contributed by atoms with E-state index in [2.05, 4.69) is 11.9 Å². The van der Waals surface area contributed by atoms with Crippen LogP contribution in [0.4, 0.5) is 0 Å². The lowest BCUT2D eigenvalue weighted by atomic mass is 10.2. The third-order valence-electron chi connectivity index (χ3n) is 1.06. The van der Waals surface area contributed by atoms with Crippen LogP contribution in [0.3, 0.4) is 0 Å². The van der Waals surface area contributed by atoms with Gasteiger partial charge in [-0.15, -0.1) is 0 Å². The number of H-pyrrole nitrogens is 1. The topological polar surface area (TPSA) is 53.1 Å². The summed E-state index contributed by atoms with van der Waals surface area (Å²) in [6.45, 7) is 3.49. The van der Waals surface area contributed by atoms with Crippen molar-refractivity contribution in [2.75, 3.05) is 0 Å². The van der Waals surface area contributed by atoms with Gasteiger partial charge in [-0.3, -0.25) is 0 Å². The predicted molar refractivity (Wildman–Crippen MR) is 32.2 cm³/mol. The summed E-state index contributed by atoms with van der Waals surface area (Å²) in [4.78, 5) is 12.9. The van der Waals surface area contributed by atoms with Gasteiger partial charge >= 0.3 is 5.97 Å². The molecule has 1 heterocycles. The number of nitrogens with one attached hydrogen (secondary N) is 1. The zero-order chi connectivity index (χ0) is 6.85. The van der Waals surface area contributed by atoms with E-state index in [1.54, 1.807) is 6.20 Å². The van der Waals surface area contributed by atoms with Crippen LogP contribution in [0.25, 0.3) is 0 Å². The average Bonchev–Trinajstić information content (AvgIpc) is 2.13. The molecule has 3 heteroatoms. The molecule has 0 aliphatic rings. The molecule has 0 aromatic carbocycles. The third kappa shape index (κ3) is 0.937. The smallest absolute Gasteiger partial charge is 0.337 e. The molecular formula is C6H6NO2. The second-order valence-corrected chi connectivity index (χ2v) is 1.70. The standard InChI is InChI=1S/C6H6NO2/c1-4-2-7-3-5(4)6(8)9/h2-3,7H,1H2,(H,8,9). The number of hydrogen-bond donors (Lipinski definition) is 2. The van der Waals surface area contributed by atoms with Crippen molar-refractivity contribution < 1.29 is 9.90 Å². The SMILES string of the molecule is [CH2]c1c[nH]cc1C(=O)O. The molecule has 0 saturated carbocycles. The maximum absolute atomic E-state index is 10.2. The van der Waals surface area contributed by atoms with E-state index >= 15 is 0 Å². The van der Waals surface area contributed by atoms with Crippen molar-refractivity contribution in [2.24, 2.45) is 0 Å². The van der Waals surface area contributed by atoms with Gasteiger partial charge in [-0.1, -0.05) is 0 Å². The van der Waals surface area contributed by atoms with E-state index in [0.29, 0.717) is 5.56 Å². The Hall–Kier alpha value is -1.25. The number of aromatic amines is 1. The highest BCUT2D eigenvalue weighted by molar-refractivity contribution is 5.89. The van der Waals surface area contributed by atoms with E-state index in [9.17, 15) is 4.79 Å². The Kier molecular flexibility index (Phi) is 1.26. The second kappa shape index (κ2) is 1.93. The Labute approximate surface area is 52.3 Å². The molecule has 9 heavy (non-hydrogen) atoms. The lowest BCUT2D eigenvalue weighted by molar-refractivity contribution is 0.0697. The Bertz CT molecular complexity index is 227. The highest BCUT2D eigenvalue weighted by Crippen LogP contribution is 2.03. The van der Waals surface area contributed by atoms with E-state index < -0.39 is 5.97 Å². The predicted octanol–water partition coefficient (Wildman–Crippen LogP) is 0.895. The summed E-state index contributed by atoms with van der Waals surface area (Å²) >= 11 is 0. The number of carbonyl (C=O) groups is 1. The van der Waals surface area contributed by atoms with Gasteiger partial charge in [0.2, 0.25) is 0 Å². The zero-order valence-electron chi connectivity index (χ0n) is 4.72. The highest BCUT2D eigenvalue weighted by Gasteiger charge is 2.05. The van der Waals surface area contributed by atoms with Gasteiger partial charge in [0.15, 0.2) is 0 Å². The number of carboxylic acid groups (broad SMARTS) is 1. The fourth-order valence-corrected chi connectivity index (χ4v) is 0.595. The molecule has 1 radical (unpaired) electrons. The van der Waals surface area contributed by atoms with E-state index in [0.717, 1.165) is 0 Å². The average molecular weight is 124 g/mol. The molecule has 2 N–H and O–H groups in total. The fraction of sp³-hybridized carbons (Fsp3) is 0. The number of rotatable bonds is 1. The van der Waals surface area contributed by atoms with Gasteiger partial charge in [0.25, 0.3) is 0 Å². The van der Waals surface area contributed by atoms with Crippen molar-refractivity contribution in [2.45, 2.75) is 0 Å². The fourth-order valence-electron chi connectivity index (χ4n) is 0.595. The molecule has 0 unspecified atom stereocenters. The maximum atomic E-state index is 10.2. The van der Waals surface area contributed by atoms with Crippen molar-refractivity contribution in [3.05, 3.63) is 30.4 Å². The first-order valence-electron chi connectivity index (χ1n) is 2.44. The summed E-state index contributed by atoms with van der Waals surface area (Å²) in [7, 11) is 0. The van der Waals surface area contributed by atoms with Gasteiger partial charge in [-0.05, 0) is 12.5 Å². The monoisotopic (exact) mass is 124 g/mol. The van der Waals surface area contributed by atoms with Crippen molar-refractivity contribution in [1.29, 1.82) is 0 Å². The van der Waals surface area contributed by atoms with Crippen LogP contribution in [-0.2, 0) is 0 Å². The van der Waals surface area contributed by atoms with E-state index in [4.69, 9.17) is 5.11 Å². The number of carboxylic acids is 1. The van der Waals surface area contributed by atoms with Crippen LogP contribution >= 0.6 is 0 Å². The molecule has 1 aromatic heterocycles. The third-order valence-corrected chi connectivity index (χ3v) is 1.06. The maximum Gasteiger partial charge on any atom is 0.337 e. The minimum Gasteiger partial charge on any atom is -0.478 e. The molecule has 1 aromatic rings. The first-order chi connectivity index (χ1) is 4.22. The van der Waals surface area contributed by atoms with Gasteiger partial charge in [-0.2, -0.15) is 0 Å².